The first kappa shape index (κ1) is 9.21. The Kier molecular flexibility index (Phi) is 3.43. The number of nitrogens with two attached hydrogens (primary N) is 2. The van der Waals surface area contributed by atoms with E-state index in [-0.39, 0.29) is 12.5 Å². The van der Waals surface area contributed by atoms with Gasteiger partial charge < -0.3 is 16.2 Å². The lowest BCUT2D eigenvalue weighted by molar-refractivity contribution is -0.119. The molecule has 0 atom stereocenters. The van der Waals surface area contributed by atoms with Crippen molar-refractivity contribution in [2.24, 2.45) is 11.5 Å². The molecule has 11 heavy (non-hydrogen) atoms. The first-order valence-electron chi connectivity index (χ1n) is 2.54. The third-order valence-corrected chi connectivity index (χ3v) is 0.576. The molecule has 5 N–H and O–H groups in total. The molecule has 0 aromatic heterocycles. The molecule has 1 aliphatic rings. The van der Waals surface area contributed by atoms with Crippen molar-refractivity contribution < 1.29 is 19.1 Å². The van der Waals surface area contributed by atoms with Crippen LogP contribution in [-0.4, -0.2) is 24.6 Å². The zero-order chi connectivity index (χ0) is 8.85. The first-order chi connectivity index (χ1) is 5.02. The highest BCUT2D eigenvalue weighted by Crippen LogP contribution is 1.85. The second-order valence-electron chi connectivity index (χ2n) is 1.53. The minimum atomic E-state index is -0.833. The van der Waals surface area contributed by atoms with E-state index in [0.29, 0.717) is 0 Å². The fraction of sp³-hybridized carbons (Fsp3) is 0.250. The highest BCUT2D eigenvalue weighted by atomic mass is 16.6. The van der Waals surface area contributed by atoms with E-state index in [9.17, 15) is 9.59 Å². The second kappa shape index (κ2) is 4.09. The Hall–Kier alpha value is -1.79. The number of carbonyl (C=O) groups excluding carboxylic acids is 3. The molecule has 0 saturated carbocycles. The van der Waals surface area contributed by atoms with Crippen molar-refractivity contribution in [1.82, 2.24) is 5.32 Å². The molecule has 7 heteroatoms. The fourth-order valence-corrected chi connectivity index (χ4v) is 0.317. The maximum Gasteiger partial charge on any atom is 0.414 e. The van der Waals surface area contributed by atoms with E-state index in [4.69, 9.17) is 4.79 Å². The van der Waals surface area contributed by atoms with E-state index in [0.717, 1.165) is 0 Å². The van der Waals surface area contributed by atoms with E-state index in [1.807, 2.05) is 5.32 Å². The molecule has 1 aliphatic heterocycles. The van der Waals surface area contributed by atoms with Crippen molar-refractivity contribution in [1.29, 1.82) is 0 Å². The van der Waals surface area contributed by atoms with Crippen molar-refractivity contribution in [3.05, 3.63) is 0 Å². The maximum absolute atomic E-state index is 10.00. The lowest BCUT2D eigenvalue weighted by Crippen LogP contribution is -2.18. The molecule has 0 aromatic rings. The molecule has 0 aromatic carbocycles. The third-order valence-electron chi connectivity index (χ3n) is 0.576. The Labute approximate surface area is 61.7 Å². The van der Waals surface area contributed by atoms with Crippen LogP contribution < -0.4 is 16.8 Å². The van der Waals surface area contributed by atoms with Gasteiger partial charge in [0, 0.05) is 0 Å². The Morgan fingerprint density at radius 1 is 1.45 bits per heavy atom. The van der Waals surface area contributed by atoms with Crippen LogP contribution >= 0.6 is 0 Å². The average molecular weight is 161 g/mol. The van der Waals surface area contributed by atoms with Crippen molar-refractivity contribution >= 4 is 18.0 Å². The quantitative estimate of drug-likeness (QED) is 0.390. The largest absolute Gasteiger partial charge is 0.439 e. The Morgan fingerprint density at radius 2 is 1.91 bits per heavy atom. The molecule has 0 spiro atoms. The van der Waals surface area contributed by atoms with Gasteiger partial charge in [-0.05, 0) is 0 Å². The number of amides is 4. The minimum Gasteiger partial charge on any atom is -0.439 e. The number of primary amides is 2. The van der Waals surface area contributed by atoms with Gasteiger partial charge in [-0.15, -0.1) is 0 Å². The molecule has 0 radical (unpaired) electrons. The number of ether oxygens (including phenoxy) is 1. The summed E-state index contributed by atoms with van der Waals surface area (Å²) in [6.45, 7) is -0.126. The van der Waals surface area contributed by atoms with Crippen LogP contribution in [0.2, 0.25) is 0 Å². The summed E-state index contributed by atoms with van der Waals surface area (Å²) in [5.41, 5.74) is 8.50. The Bertz CT molecular complexity index is 172. The number of carbonyl (C=O) groups is 3. The second-order valence-corrected chi connectivity index (χ2v) is 1.53. The van der Waals surface area contributed by atoms with E-state index in [1.165, 1.54) is 0 Å². The number of urea groups is 1. The van der Waals surface area contributed by atoms with Crippen LogP contribution in [0.25, 0.3) is 0 Å². The molecule has 0 unspecified atom stereocenters. The summed E-state index contributed by atoms with van der Waals surface area (Å²) in [4.78, 5) is 28.9. The van der Waals surface area contributed by atoms with Gasteiger partial charge in [0.05, 0.1) is 0 Å². The summed E-state index contributed by atoms with van der Waals surface area (Å²) in [7, 11) is 0. The zero-order valence-corrected chi connectivity index (χ0v) is 5.49. The van der Waals surface area contributed by atoms with Crippen LogP contribution in [0, 0.1) is 0 Å². The number of rotatable bonds is 0. The predicted octanol–water partition coefficient (Wildman–Crippen LogP) is -1.72. The highest BCUT2D eigenvalue weighted by Gasteiger charge is 2.17. The van der Waals surface area contributed by atoms with E-state index < -0.39 is 12.1 Å². The van der Waals surface area contributed by atoms with Crippen LogP contribution in [0.4, 0.5) is 9.59 Å². The van der Waals surface area contributed by atoms with Gasteiger partial charge in [-0.1, -0.05) is 0 Å². The summed E-state index contributed by atoms with van der Waals surface area (Å²) in [5, 5.41) is 1.92. The molecule has 1 fully saturated rings. The van der Waals surface area contributed by atoms with E-state index in [2.05, 4.69) is 16.2 Å². The number of imide groups is 1. The predicted molar refractivity (Wildman–Crippen MR) is 33.3 cm³/mol. The molecule has 1 saturated heterocycles. The van der Waals surface area contributed by atoms with Crippen LogP contribution in [0.3, 0.4) is 0 Å². The normalized spacial score (nSPS) is 14.2. The smallest absolute Gasteiger partial charge is 0.414 e. The molecule has 1 heterocycles. The highest BCUT2D eigenvalue weighted by molar-refractivity contribution is 5.97. The summed E-state index contributed by atoms with van der Waals surface area (Å²) in [5.74, 6) is -0.370. The first-order valence-corrected chi connectivity index (χ1v) is 2.54. The maximum atomic E-state index is 10.00. The van der Waals surface area contributed by atoms with Gasteiger partial charge in [-0.3, -0.25) is 10.1 Å². The standard InChI is InChI=1S/C3H3NO3.CH4N2O/c5-2-1-7-3(6)4-2;2-1(3)4/h1H2,(H,4,5,6);(H4,2,3,4). The molecule has 4 amide bonds. The van der Waals surface area contributed by atoms with E-state index >= 15 is 0 Å². The molecule has 1 rings (SSSR count). The topological polar surface area (TPSA) is 125 Å². The monoisotopic (exact) mass is 161 g/mol. The van der Waals surface area contributed by atoms with Gasteiger partial charge in [0.1, 0.15) is 0 Å². The molecule has 0 bridgehead atoms. The van der Waals surface area contributed by atoms with Crippen molar-refractivity contribution in [2.75, 3.05) is 6.61 Å². The fourth-order valence-electron chi connectivity index (χ4n) is 0.317. The average Bonchev–Trinajstić information content (AvgIpc) is 2.13. The molecule has 0 aliphatic carbocycles. The lowest BCUT2D eigenvalue weighted by atomic mass is 10.7. The van der Waals surface area contributed by atoms with Crippen LogP contribution in [0.1, 0.15) is 0 Å². The van der Waals surface area contributed by atoms with Gasteiger partial charge in [0.2, 0.25) is 0 Å². The summed E-state index contributed by atoms with van der Waals surface area (Å²) >= 11 is 0. The molecular weight excluding hydrogens is 154 g/mol. The van der Waals surface area contributed by atoms with Crippen LogP contribution in [-0.2, 0) is 9.53 Å². The van der Waals surface area contributed by atoms with Gasteiger partial charge in [-0.2, -0.15) is 0 Å². The molecule has 7 nitrogen and oxygen atoms in total. The van der Waals surface area contributed by atoms with Gasteiger partial charge in [0.15, 0.2) is 6.61 Å². The number of alkyl carbamates (subject to hydrolysis) is 1. The Morgan fingerprint density at radius 3 is 2.00 bits per heavy atom. The van der Waals surface area contributed by atoms with Gasteiger partial charge in [0.25, 0.3) is 5.91 Å². The zero-order valence-electron chi connectivity index (χ0n) is 5.49. The third kappa shape index (κ3) is 6.09. The van der Waals surface area contributed by atoms with Crippen molar-refractivity contribution in [3.8, 4) is 0 Å². The number of nitrogens with one attached hydrogen (secondary N) is 1. The summed E-state index contributed by atoms with van der Waals surface area (Å²) in [6, 6.07) is -0.833. The van der Waals surface area contributed by atoms with Crippen molar-refractivity contribution in [2.45, 2.75) is 0 Å². The van der Waals surface area contributed by atoms with Crippen molar-refractivity contribution in [3.63, 3.8) is 0 Å². The number of hydrogen-bond acceptors (Lipinski definition) is 4. The van der Waals surface area contributed by atoms with Crippen LogP contribution in [0.5, 0.6) is 0 Å². The summed E-state index contributed by atoms with van der Waals surface area (Å²) in [6.07, 6.45) is -0.648. The summed E-state index contributed by atoms with van der Waals surface area (Å²) < 4.78 is 4.17. The van der Waals surface area contributed by atoms with E-state index in [1.54, 1.807) is 0 Å². The Balaban J connectivity index is 0.000000218. The number of hydrogen-bond donors (Lipinski definition) is 3. The molecule has 62 valence electrons. The molecular formula is C4H7N3O4. The lowest BCUT2D eigenvalue weighted by Gasteiger charge is -1.78. The van der Waals surface area contributed by atoms with Gasteiger partial charge >= 0.3 is 12.1 Å². The SMILES string of the molecule is NC(N)=O.O=C1COC(=O)N1. The minimum absolute atomic E-state index is 0.126. The van der Waals surface area contributed by atoms with Gasteiger partial charge in [-0.25, -0.2) is 9.59 Å². The van der Waals surface area contributed by atoms with Crippen LogP contribution in [0.15, 0.2) is 0 Å². The number of cyclic esters (lactones) is 1.